The van der Waals surface area contributed by atoms with Crippen LogP contribution in [0.4, 0.5) is 34.1 Å². The molecule has 0 aliphatic heterocycles. The van der Waals surface area contributed by atoms with Crippen molar-refractivity contribution in [2.24, 2.45) is 0 Å². The summed E-state index contributed by atoms with van der Waals surface area (Å²) in [5, 5.41) is 12.7. The summed E-state index contributed by atoms with van der Waals surface area (Å²) in [6.07, 6.45) is 0. The van der Waals surface area contributed by atoms with Crippen molar-refractivity contribution in [1.82, 2.24) is 0 Å². The van der Waals surface area contributed by atoms with Crippen LogP contribution in [0.15, 0.2) is 272 Å². The molecule has 0 saturated heterocycles. The van der Waals surface area contributed by atoms with Crippen LogP contribution in [-0.2, 0) is 0 Å². The summed E-state index contributed by atoms with van der Waals surface area (Å²) in [7, 11) is 0. The van der Waals surface area contributed by atoms with Crippen molar-refractivity contribution >= 4 is 143 Å². The molecule has 0 unspecified atom stereocenters. The molecule has 0 atom stereocenters. The summed E-state index contributed by atoms with van der Waals surface area (Å²) in [4.78, 5) is 4.66. The van der Waals surface area contributed by atoms with Crippen molar-refractivity contribution in [3.05, 3.63) is 266 Å². The smallest absolute Gasteiger partial charge is 0.178 e. The van der Waals surface area contributed by atoms with E-state index in [1.165, 1.54) is 11.1 Å². The Bertz CT molecular complexity index is 5190. The lowest BCUT2D eigenvalue weighted by Gasteiger charge is -2.26. The van der Waals surface area contributed by atoms with E-state index in [0.717, 1.165) is 166 Å². The van der Waals surface area contributed by atoms with Crippen molar-refractivity contribution in [3.63, 3.8) is 0 Å². The number of fused-ring (bicyclic) bond motifs is 15. The molecule has 4 heterocycles. The van der Waals surface area contributed by atoms with Gasteiger partial charge in [0, 0.05) is 77.0 Å². The van der Waals surface area contributed by atoms with E-state index in [-0.39, 0.29) is 0 Å². The molecule has 17 aromatic rings. The highest BCUT2D eigenvalue weighted by atomic mass is 16.4. The van der Waals surface area contributed by atoms with Crippen LogP contribution in [-0.4, -0.2) is 0 Å². The van der Waals surface area contributed by atoms with Gasteiger partial charge in [-0.2, -0.15) is 0 Å². The number of hydrogen-bond acceptors (Lipinski definition) is 6. The molecule has 0 spiro atoms. The van der Waals surface area contributed by atoms with Crippen molar-refractivity contribution < 1.29 is 17.7 Å². The zero-order valence-electron chi connectivity index (χ0n) is 47.9. The fraction of sp³-hybridized carbons (Fsp3) is 0.0750. The predicted octanol–water partition coefficient (Wildman–Crippen LogP) is 24.1. The molecule has 0 N–H and O–H groups in total. The number of benzene rings is 13. The molecule has 0 amide bonds. The Balaban J connectivity index is 0.780. The number of rotatable bonds is 10. The van der Waals surface area contributed by atoms with Crippen molar-refractivity contribution in [2.45, 2.75) is 39.5 Å². The van der Waals surface area contributed by atoms with E-state index in [9.17, 15) is 0 Å². The van der Waals surface area contributed by atoms with Gasteiger partial charge in [0.25, 0.3) is 0 Å². The molecule has 0 aliphatic rings. The largest absolute Gasteiger partial charge is 0.453 e. The Morgan fingerprint density at radius 3 is 1.03 bits per heavy atom. The molecule has 0 aliphatic carbocycles. The Morgan fingerprint density at radius 2 is 0.628 bits per heavy atom. The van der Waals surface area contributed by atoms with Crippen LogP contribution in [0.5, 0.6) is 0 Å². The minimum Gasteiger partial charge on any atom is -0.453 e. The first kappa shape index (κ1) is 49.8. The molecule has 0 bridgehead atoms. The zero-order valence-corrected chi connectivity index (χ0v) is 47.9. The first-order chi connectivity index (χ1) is 42.3. The zero-order chi connectivity index (χ0) is 57.3. The minimum atomic E-state index is 0.399. The molecule has 17 rings (SSSR count). The summed E-state index contributed by atoms with van der Waals surface area (Å²) in [5.74, 6) is 0.799. The third-order valence-corrected chi connectivity index (χ3v) is 17.8. The van der Waals surface area contributed by atoms with Crippen LogP contribution >= 0.6 is 0 Å². The van der Waals surface area contributed by atoms with Gasteiger partial charge in [-0.1, -0.05) is 185 Å². The van der Waals surface area contributed by atoms with E-state index < -0.39 is 0 Å². The summed E-state index contributed by atoms with van der Waals surface area (Å²) < 4.78 is 28.0. The molecular formula is C80H56N2O4. The van der Waals surface area contributed by atoms with Gasteiger partial charge in [0.1, 0.15) is 22.3 Å². The second-order valence-corrected chi connectivity index (χ2v) is 23.6. The van der Waals surface area contributed by atoms with Gasteiger partial charge in [-0.05, 0) is 153 Å². The second-order valence-electron chi connectivity index (χ2n) is 23.6. The predicted molar refractivity (Wildman–Crippen MR) is 359 cm³/mol. The Labute approximate surface area is 495 Å². The highest BCUT2D eigenvalue weighted by Gasteiger charge is 2.25. The Morgan fingerprint density at radius 1 is 0.256 bits per heavy atom. The molecule has 410 valence electrons. The van der Waals surface area contributed by atoms with Crippen molar-refractivity contribution in [3.8, 4) is 22.3 Å². The third kappa shape index (κ3) is 7.86. The number of furan rings is 4. The SMILES string of the molecule is CC(C)c1ccc(N(c2ccc3cc4c(cc3c2)oc2c4ccc3c4cc5ccc(N(c6ccc(C(C)C)cc6)c6cccc7c6oc6c(-c8ccccc8)cccc67)cc5cc4oc32)c2cccc3c2oc2c(-c4ccccc4)cccc23)cc1. The van der Waals surface area contributed by atoms with E-state index in [4.69, 9.17) is 17.7 Å². The second kappa shape index (κ2) is 19.4. The lowest BCUT2D eigenvalue weighted by Crippen LogP contribution is -2.10. The maximum Gasteiger partial charge on any atom is 0.178 e. The topological polar surface area (TPSA) is 59.0 Å². The maximum atomic E-state index is 7.04. The lowest BCUT2D eigenvalue weighted by atomic mass is 10.0. The Kier molecular flexibility index (Phi) is 11.2. The van der Waals surface area contributed by atoms with E-state index in [1.54, 1.807) is 0 Å². The first-order valence-corrected chi connectivity index (χ1v) is 29.7. The number of para-hydroxylation sites is 4. The van der Waals surface area contributed by atoms with Gasteiger partial charge < -0.3 is 27.5 Å². The molecule has 0 saturated carbocycles. The van der Waals surface area contributed by atoms with Crippen LogP contribution in [0, 0.1) is 0 Å². The average molecular weight is 1110 g/mol. The van der Waals surface area contributed by atoms with Crippen LogP contribution in [0.2, 0.25) is 0 Å². The molecule has 0 fully saturated rings. The van der Waals surface area contributed by atoms with E-state index in [0.29, 0.717) is 11.8 Å². The highest BCUT2D eigenvalue weighted by molar-refractivity contribution is 6.22. The fourth-order valence-corrected chi connectivity index (χ4v) is 13.3. The molecule has 6 heteroatoms. The first-order valence-electron chi connectivity index (χ1n) is 29.7. The van der Waals surface area contributed by atoms with E-state index in [2.05, 4.69) is 292 Å². The van der Waals surface area contributed by atoms with Crippen LogP contribution in [0.1, 0.15) is 50.7 Å². The fourth-order valence-electron chi connectivity index (χ4n) is 13.3. The highest BCUT2D eigenvalue weighted by Crippen LogP contribution is 2.49. The molecule has 0 radical (unpaired) electrons. The molecular weight excluding hydrogens is 1050 g/mol. The van der Waals surface area contributed by atoms with Gasteiger partial charge in [-0.15, -0.1) is 0 Å². The summed E-state index contributed by atoms with van der Waals surface area (Å²) in [5.41, 5.74) is 19.4. The Hall–Kier alpha value is -10.8. The molecule has 86 heavy (non-hydrogen) atoms. The summed E-state index contributed by atoms with van der Waals surface area (Å²) >= 11 is 0. The normalized spacial score (nSPS) is 12.2. The van der Waals surface area contributed by atoms with Gasteiger partial charge in [-0.3, -0.25) is 0 Å². The molecule has 4 aromatic heterocycles. The minimum absolute atomic E-state index is 0.399. The average Bonchev–Trinajstić information content (AvgIpc) is 2.25. The van der Waals surface area contributed by atoms with Gasteiger partial charge in [-0.25, -0.2) is 0 Å². The maximum absolute atomic E-state index is 7.04. The molecule has 6 nitrogen and oxygen atoms in total. The standard InChI is InChI=1S/C80H56N2O4/c1-47(2)49-27-33-57(34-28-49)81(71-25-13-23-65-63-21-11-19-61(75(63)85-77(65)71)51-15-7-5-8-16-51)59-37-31-53-43-69-67-39-40-68-70-44-54-32-38-60(42-56(54)46-74(70)84-80(68)79(67)83-73(69)45-55(53)41-59)82(58-35-29-50(30-36-58)48(3)4)72-26-14-24-66-64-22-12-20-62(76(64)86-78(66)72)52-17-9-6-10-18-52/h5-48H,1-4H3. The molecule has 13 aromatic carbocycles. The van der Waals surface area contributed by atoms with E-state index in [1.807, 2.05) is 0 Å². The van der Waals surface area contributed by atoms with Gasteiger partial charge in [0.15, 0.2) is 22.3 Å². The van der Waals surface area contributed by atoms with Crippen LogP contribution < -0.4 is 9.80 Å². The number of anilines is 6. The third-order valence-electron chi connectivity index (χ3n) is 17.8. The summed E-state index contributed by atoms with van der Waals surface area (Å²) in [6, 6.07) is 91.4. The summed E-state index contributed by atoms with van der Waals surface area (Å²) in [6.45, 7) is 8.94. The monoisotopic (exact) mass is 1110 g/mol. The lowest BCUT2D eigenvalue weighted by molar-refractivity contribution is 0.634. The van der Waals surface area contributed by atoms with Gasteiger partial charge >= 0.3 is 0 Å². The van der Waals surface area contributed by atoms with E-state index >= 15 is 0 Å². The van der Waals surface area contributed by atoms with Crippen molar-refractivity contribution in [2.75, 3.05) is 9.80 Å². The van der Waals surface area contributed by atoms with Crippen LogP contribution in [0.3, 0.4) is 0 Å². The number of nitrogens with zero attached hydrogens (tertiary/aromatic N) is 2. The quantitative estimate of drug-likeness (QED) is 0.136. The van der Waals surface area contributed by atoms with Gasteiger partial charge in [0.2, 0.25) is 0 Å². The van der Waals surface area contributed by atoms with Gasteiger partial charge in [0.05, 0.1) is 11.4 Å². The van der Waals surface area contributed by atoms with Crippen molar-refractivity contribution in [1.29, 1.82) is 0 Å². The van der Waals surface area contributed by atoms with Crippen LogP contribution in [0.25, 0.3) is 132 Å². The number of hydrogen-bond donors (Lipinski definition) is 0.